The van der Waals surface area contributed by atoms with Gasteiger partial charge in [-0.3, -0.25) is 5.32 Å². The van der Waals surface area contributed by atoms with Crippen molar-refractivity contribution in [3.63, 3.8) is 0 Å². The first-order valence-corrected chi connectivity index (χ1v) is 8.78. The third kappa shape index (κ3) is 3.72. The van der Waals surface area contributed by atoms with Gasteiger partial charge >= 0.3 is 6.03 Å². The number of para-hydroxylation sites is 1. The molecule has 2 amide bonds. The lowest BCUT2D eigenvalue weighted by atomic mass is 10.2. The molecule has 1 aromatic heterocycles. The van der Waals surface area contributed by atoms with E-state index in [0.29, 0.717) is 24.7 Å². The maximum atomic E-state index is 12.6. The molecule has 0 saturated carbocycles. The van der Waals surface area contributed by atoms with Crippen LogP contribution in [0.4, 0.5) is 10.6 Å². The molecule has 3 aromatic rings. The van der Waals surface area contributed by atoms with Crippen molar-refractivity contribution in [3.05, 3.63) is 66.4 Å². The van der Waals surface area contributed by atoms with Crippen molar-refractivity contribution >= 4 is 11.8 Å². The highest BCUT2D eigenvalue weighted by molar-refractivity contribution is 5.88. The Kier molecular flexibility index (Phi) is 4.65. The minimum absolute atomic E-state index is 0.200. The Morgan fingerprint density at radius 2 is 1.96 bits per heavy atom. The maximum absolute atomic E-state index is 12.6. The third-order valence-corrected chi connectivity index (χ3v) is 4.32. The van der Waals surface area contributed by atoms with Crippen LogP contribution in [0.15, 0.2) is 60.8 Å². The van der Waals surface area contributed by atoms with Crippen LogP contribution in [0.2, 0.25) is 0 Å². The molecule has 2 aromatic carbocycles. The van der Waals surface area contributed by atoms with Crippen molar-refractivity contribution in [2.45, 2.75) is 13.5 Å². The number of benzene rings is 2. The number of anilines is 1. The fourth-order valence-corrected chi connectivity index (χ4v) is 2.89. The highest BCUT2D eigenvalue weighted by atomic mass is 16.7. The van der Waals surface area contributed by atoms with Gasteiger partial charge in [-0.2, -0.15) is 0 Å². The van der Waals surface area contributed by atoms with Crippen molar-refractivity contribution in [1.29, 1.82) is 0 Å². The van der Waals surface area contributed by atoms with Crippen molar-refractivity contribution in [2.24, 2.45) is 0 Å². The van der Waals surface area contributed by atoms with Crippen LogP contribution in [0.1, 0.15) is 12.5 Å². The Hall–Kier alpha value is -3.48. The number of carbonyl (C=O) groups excluding carboxylic acids is 1. The number of fused-ring (bicyclic) bond motifs is 1. The number of hydrogen-bond donors (Lipinski definition) is 1. The van der Waals surface area contributed by atoms with Gasteiger partial charge in [0, 0.05) is 25.4 Å². The summed E-state index contributed by atoms with van der Waals surface area (Å²) in [5, 5.41) is 7.27. The van der Waals surface area contributed by atoms with Gasteiger partial charge in [-0.25, -0.2) is 9.48 Å². The summed E-state index contributed by atoms with van der Waals surface area (Å²) in [6, 6.07) is 17.0. The second kappa shape index (κ2) is 7.41. The second-order valence-electron chi connectivity index (χ2n) is 6.11. The molecule has 1 aliphatic rings. The number of nitrogens with one attached hydrogen (secondary N) is 1. The summed E-state index contributed by atoms with van der Waals surface area (Å²) in [7, 11) is 0. The molecule has 7 heteroatoms. The average Bonchev–Trinajstić information content (AvgIpc) is 3.35. The van der Waals surface area contributed by atoms with Gasteiger partial charge in [0.1, 0.15) is 0 Å². The molecule has 0 bridgehead atoms. The van der Waals surface area contributed by atoms with E-state index in [1.54, 1.807) is 15.6 Å². The number of urea groups is 1. The van der Waals surface area contributed by atoms with Gasteiger partial charge in [-0.05, 0) is 36.8 Å². The van der Waals surface area contributed by atoms with Crippen molar-refractivity contribution in [2.75, 3.05) is 18.7 Å². The molecule has 4 rings (SSSR count). The highest BCUT2D eigenvalue weighted by Crippen LogP contribution is 2.32. The zero-order valence-corrected chi connectivity index (χ0v) is 15.0. The largest absolute Gasteiger partial charge is 0.454 e. The van der Waals surface area contributed by atoms with Crippen LogP contribution in [0.3, 0.4) is 0 Å². The van der Waals surface area contributed by atoms with Crippen molar-refractivity contribution in [1.82, 2.24) is 14.7 Å². The SMILES string of the molecule is CCN(Cc1ccc2c(c1)OCO2)C(=O)Nc1ccn(-c2ccccc2)n1. The lowest BCUT2D eigenvalue weighted by Gasteiger charge is -2.21. The summed E-state index contributed by atoms with van der Waals surface area (Å²) in [4.78, 5) is 14.3. The molecular weight excluding hydrogens is 344 g/mol. The fraction of sp³-hybridized carbons (Fsp3) is 0.200. The van der Waals surface area contributed by atoms with E-state index >= 15 is 0 Å². The first-order chi connectivity index (χ1) is 13.2. The first-order valence-electron chi connectivity index (χ1n) is 8.78. The average molecular weight is 364 g/mol. The summed E-state index contributed by atoms with van der Waals surface area (Å²) < 4.78 is 12.5. The van der Waals surface area contributed by atoms with Crippen LogP contribution in [0.5, 0.6) is 11.5 Å². The van der Waals surface area contributed by atoms with Crippen LogP contribution in [-0.4, -0.2) is 34.0 Å². The highest BCUT2D eigenvalue weighted by Gasteiger charge is 2.17. The zero-order valence-electron chi connectivity index (χ0n) is 15.0. The molecular formula is C20H20N4O3. The van der Waals surface area contributed by atoms with E-state index in [-0.39, 0.29) is 12.8 Å². The van der Waals surface area contributed by atoms with E-state index in [1.807, 2.05) is 61.7 Å². The Balaban J connectivity index is 1.43. The monoisotopic (exact) mass is 364 g/mol. The predicted octanol–water partition coefficient (Wildman–Crippen LogP) is 3.66. The Bertz CT molecular complexity index is 939. The minimum Gasteiger partial charge on any atom is -0.454 e. The minimum atomic E-state index is -0.200. The molecule has 0 atom stereocenters. The number of aromatic nitrogens is 2. The molecule has 138 valence electrons. The molecule has 1 aliphatic heterocycles. The number of amides is 2. The Morgan fingerprint density at radius 3 is 2.78 bits per heavy atom. The molecule has 7 nitrogen and oxygen atoms in total. The molecule has 0 radical (unpaired) electrons. The summed E-state index contributed by atoms with van der Waals surface area (Å²) in [5.41, 5.74) is 1.91. The number of rotatable bonds is 5. The quantitative estimate of drug-likeness (QED) is 0.750. The molecule has 1 N–H and O–H groups in total. The van der Waals surface area contributed by atoms with Crippen LogP contribution in [0.25, 0.3) is 5.69 Å². The van der Waals surface area contributed by atoms with Crippen LogP contribution >= 0.6 is 0 Å². The van der Waals surface area contributed by atoms with E-state index in [4.69, 9.17) is 9.47 Å². The fourth-order valence-electron chi connectivity index (χ4n) is 2.89. The number of ether oxygens (including phenoxy) is 2. The summed E-state index contributed by atoms with van der Waals surface area (Å²) >= 11 is 0. The molecule has 0 aliphatic carbocycles. The molecule has 0 spiro atoms. The van der Waals surface area contributed by atoms with Crippen molar-refractivity contribution < 1.29 is 14.3 Å². The predicted molar refractivity (Wildman–Crippen MR) is 101 cm³/mol. The standard InChI is InChI=1S/C20H20N4O3/c1-2-23(13-15-8-9-17-18(12-15)27-14-26-17)20(25)21-19-10-11-24(22-19)16-6-4-3-5-7-16/h3-12H,2,13-14H2,1H3,(H,21,22,25). The van der Waals surface area contributed by atoms with E-state index < -0.39 is 0 Å². The van der Waals surface area contributed by atoms with Gasteiger partial charge in [0.25, 0.3) is 0 Å². The summed E-state index contributed by atoms with van der Waals surface area (Å²) in [5.74, 6) is 1.95. The van der Waals surface area contributed by atoms with Gasteiger partial charge in [0.15, 0.2) is 17.3 Å². The van der Waals surface area contributed by atoms with E-state index in [1.165, 1.54) is 0 Å². The van der Waals surface area contributed by atoms with E-state index in [0.717, 1.165) is 17.0 Å². The molecule has 2 heterocycles. The molecule has 27 heavy (non-hydrogen) atoms. The second-order valence-corrected chi connectivity index (χ2v) is 6.11. The lowest BCUT2D eigenvalue weighted by molar-refractivity contribution is 0.174. The van der Waals surface area contributed by atoms with E-state index in [9.17, 15) is 4.79 Å². The van der Waals surface area contributed by atoms with Gasteiger partial charge in [0.05, 0.1) is 5.69 Å². The van der Waals surface area contributed by atoms with Gasteiger partial charge in [-0.15, -0.1) is 5.10 Å². The zero-order chi connectivity index (χ0) is 18.6. The molecule has 0 fully saturated rings. The van der Waals surface area contributed by atoms with Gasteiger partial charge in [0.2, 0.25) is 6.79 Å². The summed E-state index contributed by atoms with van der Waals surface area (Å²) in [6.45, 7) is 3.22. The number of hydrogen-bond acceptors (Lipinski definition) is 4. The van der Waals surface area contributed by atoms with E-state index in [2.05, 4.69) is 10.4 Å². The first kappa shape index (κ1) is 17.0. The number of nitrogens with zero attached hydrogens (tertiary/aromatic N) is 3. The van der Waals surface area contributed by atoms with Gasteiger partial charge < -0.3 is 14.4 Å². The Labute approximate surface area is 157 Å². The van der Waals surface area contributed by atoms with Gasteiger partial charge in [-0.1, -0.05) is 24.3 Å². The molecule has 0 saturated heterocycles. The van der Waals surface area contributed by atoms with Crippen LogP contribution in [-0.2, 0) is 6.54 Å². The number of carbonyl (C=O) groups is 1. The van der Waals surface area contributed by atoms with Crippen LogP contribution < -0.4 is 14.8 Å². The Morgan fingerprint density at radius 1 is 1.15 bits per heavy atom. The third-order valence-electron chi connectivity index (χ3n) is 4.32. The van der Waals surface area contributed by atoms with Crippen LogP contribution in [0, 0.1) is 0 Å². The maximum Gasteiger partial charge on any atom is 0.323 e. The smallest absolute Gasteiger partial charge is 0.323 e. The normalized spacial score (nSPS) is 12.0. The summed E-state index contributed by atoms with van der Waals surface area (Å²) in [6.07, 6.45) is 1.82. The molecule has 0 unspecified atom stereocenters. The topological polar surface area (TPSA) is 68.6 Å². The lowest BCUT2D eigenvalue weighted by Crippen LogP contribution is -2.34. The van der Waals surface area contributed by atoms with Crippen molar-refractivity contribution in [3.8, 4) is 17.2 Å².